The van der Waals surface area contributed by atoms with Crippen molar-refractivity contribution in [2.24, 2.45) is 34.0 Å². The Morgan fingerprint density at radius 2 is 1.79 bits per heavy atom. The molecule has 7 aliphatic rings. The maximum absolute atomic E-state index is 14.0. The van der Waals surface area contributed by atoms with Gasteiger partial charge in [0, 0.05) is 40.6 Å². The van der Waals surface area contributed by atoms with E-state index in [1.807, 2.05) is 0 Å². The summed E-state index contributed by atoms with van der Waals surface area (Å²) < 4.78 is 41.2. The molecule has 14 nitrogen and oxygen atoms in total. The molecule has 0 aromatic rings. The summed E-state index contributed by atoms with van der Waals surface area (Å²) >= 11 is 0. The largest absolute Gasteiger partial charge is 0.469 e. The van der Waals surface area contributed by atoms with E-state index in [9.17, 15) is 34.8 Å². The Kier molecular flexibility index (Phi) is 7.00. The molecule has 7 rings (SSSR count). The molecule has 4 N–H and O–H groups in total. The fraction of sp³-hybridized carbons (Fsp3) is 0.788. The molecule has 0 aromatic carbocycles. The predicted octanol–water partition coefficient (Wildman–Crippen LogP) is -0.112. The van der Waals surface area contributed by atoms with Gasteiger partial charge in [-0.15, -0.1) is 0 Å². The SMILES string of the molecule is C/C=C(\C)C(=O)O[C@H]1C[C@@H](O)[C@]2(C)[C@@H]3[C@H](OC[C@@]13C(=O)OC)[C@H](O)[C@](C)([C@@]13O[C@]1(C)[C@H]1C[C@@H]3O[C@@H]3OC=C[C@@]31O)[C@H]2[C@@H](O)C(=O)OC. The highest BCUT2D eigenvalue weighted by Gasteiger charge is 2.94. The van der Waals surface area contributed by atoms with Gasteiger partial charge in [0.05, 0.1) is 51.5 Å². The maximum Gasteiger partial charge on any atom is 0.335 e. The average molecular weight is 665 g/mol. The molecule has 0 spiro atoms. The Hall–Kier alpha value is -2.59. The molecule has 0 radical (unpaired) electrons. The molecule has 2 bridgehead atoms. The number of methoxy groups -OCH3 is 2. The molecular weight excluding hydrogens is 620 g/mol. The zero-order valence-electron chi connectivity index (χ0n) is 27.5. The van der Waals surface area contributed by atoms with E-state index in [2.05, 4.69) is 0 Å². The number of aliphatic hydroxyl groups excluding tert-OH is 3. The third-order valence-electron chi connectivity index (χ3n) is 13.6. The molecule has 47 heavy (non-hydrogen) atoms. The molecule has 16 atom stereocenters. The van der Waals surface area contributed by atoms with E-state index in [0.29, 0.717) is 6.42 Å². The van der Waals surface area contributed by atoms with E-state index in [1.54, 1.807) is 40.7 Å². The van der Waals surface area contributed by atoms with E-state index in [4.69, 9.17) is 33.2 Å². The fourth-order valence-corrected chi connectivity index (χ4v) is 11.4. The first-order valence-electron chi connectivity index (χ1n) is 16.1. The van der Waals surface area contributed by atoms with E-state index in [-0.39, 0.29) is 18.6 Å². The number of fused-ring (bicyclic) bond motifs is 7. The molecule has 0 unspecified atom stereocenters. The molecule has 6 fully saturated rings. The lowest BCUT2D eigenvalue weighted by atomic mass is 9.37. The van der Waals surface area contributed by atoms with Crippen LogP contribution in [0.5, 0.6) is 0 Å². The van der Waals surface area contributed by atoms with Crippen LogP contribution in [0.4, 0.5) is 0 Å². The molecule has 3 saturated heterocycles. The van der Waals surface area contributed by atoms with Gasteiger partial charge in [0.25, 0.3) is 0 Å². The van der Waals surface area contributed by atoms with Crippen LogP contribution in [-0.4, -0.2) is 119 Å². The van der Waals surface area contributed by atoms with E-state index >= 15 is 0 Å². The topological polar surface area (TPSA) is 200 Å². The summed E-state index contributed by atoms with van der Waals surface area (Å²) in [6.45, 7) is 7.98. The van der Waals surface area contributed by atoms with Crippen LogP contribution >= 0.6 is 0 Å². The first-order valence-corrected chi connectivity index (χ1v) is 16.1. The van der Waals surface area contributed by atoms with Gasteiger partial charge in [0.1, 0.15) is 22.7 Å². The van der Waals surface area contributed by atoms with Crippen molar-refractivity contribution in [1.29, 1.82) is 0 Å². The summed E-state index contributed by atoms with van der Waals surface area (Å²) in [7, 11) is 2.30. The molecule has 0 aromatic heterocycles. The lowest BCUT2D eigenvalue weighted by molar-refractivity contribution is -0.308. The number of rotatable bonds is 6. The molecule has 3 saturated carbocycles. The van der Waals surface area contributed by atoms with Crippen LogP contribution in [0.3, 0.4) is 0 Å². The van der Waals surface area contributed by atoms with E-state index in [0.717, 1.165) is 7.11 Å². The second-order valence-electron chi connectivity index (χ2n) is 15.0. The number of carbonyl (C=O) groups excluding carboxylic acids is 3. The highest BCUT2D eigenvalue weighted by Crippen LogP contribution is 2.81. The van der Waals surface area contributed by atoms with Gasteiger partial charge in [-0.05, 0) is 33.3 Å². The minimum absolute atomic E-state index is 0.272. The average Bonchev–Trinajstić information content (AvgIpc) is 3.30. The highest BCUT2D eigenvalue weighted by molar-refractivity contribution is 5.88. The summed E-state index contributed by atoms with van der Waals surface area (Å²) in [5, 5.41) is 48.6. The molecule has 260 valence electrons. The van der Waals surface area contributed by atoms with Crippen LogP contribution in [0.25, 0.3) is 0 Å². The number of allylic oxidation sites excluding steroid dienone is 1. The van der Waals surface area contributed by atoms with Crippen molar-refractivity contribution in [2.45, 2.75) is 107 Å². The van der Waals surface area contributed by atoms with E-state index < -0.39 is 112 Å². The molecule has 14 heteroatoms. The first-order chi connectivity index (χ1) is 22.0. The second kappa shape index (κ2) is 9.99. The van der Waals surface area contributed by atoms with Crippen molar-refractivity contribution in [2.75, 3.05) is 20.8 Å². The lowest BCUT2D eigenvalue weighted by Crippen LogP contribution is -2.78. The van der Waals surface area contributed by atoms with Crippen LogP contribution < -0.4 is 0 Å². The molecule has 0 amide bonds. The minimum Gasteiger partial charge on any atom is -0.469 e. The van der Waals surface area contributed by atoms with Crippen molar-refractivity contribution in [3.05, 3.63) is 24.0 Å². The van der Waals surface area contributed by atoms with Gasteiger partial charge in [-0.2, -0.15) is 0 Å². The lowest BCUT2D eigenvalue weighted by Gasteiger charge is -2.67. The van der Waals surface area contributed by atoms with Crippen molar-refractivity contribution in [3.63, 3.8) is 0 Å². The van der Waals surface area contributed by atoms with Gasteiger partial charge >= 0.3 is 17.9 Å². The first kappa shape index (κ1) is 32.9. The summed E-state index contributed by atoms with van der Waals surface area (Å²) in [5.41, 5.74) is -8.80. The third-order valence-corrected chi connectivity index (χ3v) is 13.6. The van der Waals surface area contributed by atoms with Crippen molar-refractivity contribution in [1.82, 2.24) is 0 Å². The Labute approximate surface area is 271 Å². The Balaban J connectivity index is 1.42. The predicted molar refractivity (Wildman–Crippen MR) is 156 cm³/mol. The molecule has 4 heterocycles. The number of carbonyl (C=O) groups is 3. The second-order valence-corrected chi connectivity index (χ2v) is 15.0. The minimum atomic E-state index is -1.94. The molecule has 3 aliphatic carbocycles. The van der Waals surface area contributed by atoms with Gasteiger partial charge in [-0.3, -0.25) is 4.79 Å². The summed E-state index contributed by atoms with van der Waals surface area (Å²) in [6, 6.07) is 0. The standard InChI is InChI=1S/C33H44O14/c1-8-14(2)24(37)45-17-12-16(34)28(3)21(19(35)25(38)41-6)29(4,23(36)20-22(28)31(17,13-44-20)26(39)42-7)33-18-11-15(30(33,5)47-33)32(40)9-10-43-27(32)46-18/h8-10,15-23,27,34-36,40H,11-13H2,1-7H3/b14-8+/t15-,16-,17+,18+,19-,20+,21+,22+,23+,27+,28+,29-,30-,31-,32+,33-/m1/s1. The fourth-order valence-electron chi connectivity index (χ4n) is 11.4. The Bertz CT molecular complexity index is 1460. The highest BCUT2D eigenvalue weighted by atomic mass is 16.7. The zero-order chi connectivity index (χ0) is 34.3. The monoisotopic (exact) mass is 664 g/mol. The van der Waals surface area contributed by atoms with Gasteiger partial charge in [0.2, 0.25) is 6.29 Å². The maximum atomic E-state index is 14.0. The summed E-state index contributed by atoms with van der Waals surface area (Å²) in [6.07, 6.45) is -4.66. The van der Waals surface area contributed by atoms with Crippen LogP contribution in [-0.2, 0) is 47.5 Å². The van der Waals surface area contributed by atoms with Crippen LogP contribution in [0, 0.1) is 34.0 Å². The van der Waals surface area contributed by atoms with E-state index in [1.165, 1.54) is 19.4 Å². The van der Waals surface area contributed by atoms with Crippen LogP contribution in [0.15, 0.2) is 24.0 Å². The number of epoxide rings is 1. The number of aliphatic hydroxyl groups is 4. The van der Waals surface area contributed by atoms with Crippen molar-refractivity contribution < 1.29 is 68.0 Å². The Morgan fingerprint density at radius 1 is 1.09 bits per heavy atom. The van der Waals surface area contributed by atoms with Crippen LogP contribution in [0.1, 0.15) is 47.5 Å². The quantitative estimate of drug-likeness (QED) is 0.127. The van der Waals surface area contributed by atoms with Gasteiger partial charge in [0.15, 0.2) is 11.7 Å². The van der Waals surface area contributed by atoms with Gasteiger partial charge < -0.3 is 53.6 Å². The zero-order valence-corrected chi connectivity index (χ0v) is 27.5. The summed E-state index contributed by atoms with van der Waals surface area (Å²) in [4.78, 5) is 40.4. The number of hydrogen-bond donors (Lipinski definition) is 4. The molecule has 4 aliphatic heterocycles. The van der Waals surface area contributed by atoms with Crippen molar-refractivity contribution >= 4 is 17.9 Å². The normalized spacial score (nSPS) is 54.0. The number of ether oxygens (including phenoxy) is 7. The summed E-state index contributed by atoms with van der Waals surface area (Å²) in [5.74, 6) is -5.56. The number of esters is 3. The molecular formula is C33H44O14. The Morgan fingerprint density at radius 3 is 2.43 bits per heavy atom. The number of hydrogen-bond acceptors (Lipinski definition) is 14. The van der Waals surface area contributed by atoms with Gasteiger partial charge in [-0.25, -0.2) is 9.59 Å². The van der Waals surface area contributed by atoms with Gasteiger partial charge in [-0.1, -0.05) is 19.9 Å². The van der Waals surface area contributed by atoms with Crippen molar-refractivity contribution in [3.8, 4) is 0 Å². The smallest absolute Gasteiger partial charge is 0.335 e. The third kappa shape index (κ3) is 3.47. The van der Waals surface area contributed by atoms with Crippen LogP contribution in [0.2, 0.25) is 0 Å².